The maximum atomic E-state index is 12.9. The number of pyridine rings is 1. The molecule has 4 rings (SSSR count). The van der Waals surface area contributed by atoms with Crippen LogP contribution in [0.5, 0.6) is 5.88 Å². The Morgan fingerprint density at radius 3 is 2.57 bits per heavy atom. The van der Waals surface area contributed by atoms with Crippen molar-refractivity contribution in [2.75, 3.05) is 26.7 Å². The van der Waals surface area contributed by atoms with Crippen LogP contribution in [-0.4, -0.2) is 51.6 Å². The van der Waals surface area contributed by atoms with Crippen molar-refractivity contribution in [3.05, 3.63) is 58.8 Å². The fourth-order valence-corrected chi connectivity index (χ4v) is 6.96. The van der Waals surface area contributed by atoms with E-state index in [9.17, 15) is 4.79 Å². The van der Waals surface area contributed by atoms with Gasteiger partial charge in [-0.3, -0.25) is 4.79 Å². The van der Waals surface area contributed by atoms with Gasteiger partial charge in [-0.2, -0.15) is 0 Å². The second-order valence-corrected chi connectivity index (χ2v) is 14.4. The molecule has 1 aromatic carbocycles. The third kappa shape index (κ3) is 6.64. The number of fused-ring (bicyclic) bond motifs is 1. The number of rotatable bonds is 6. The van der Waals surface area contributed by atoms with Gasteiger partial charge in [0.15, 0.2) is 5.88 Å². The van der Waals surface area contributed by atoms with E-state index in [1.807, 2.05) is 0 Å². The molecular formula is C31H45N2O3Si. The van der Waals surface area contributed by atoms with Crippen molar-refractivity contribution >= 4 is 15.0 Å². The number of piperidine rings is 1. The number of hydrogen-bond acceptors (Lipinski definition) is 5. The summed E-state index contributed by atoms with van der Waals surface area (Å²) in [5.74, 6) is 1.74. The zero-order valence-electron chi connectivity index (χ0n) is 23.8. The van der Waals surface area contributed by atoms with Crippen molar-refractivity contribution in [1.82, 2.24) is 9.88 Å². The Labute approximate surface area is 225 Å². The van der Waals surface area contributed by atoms with Gasteiger partial charge in [0.1, 0.15) is 0 Å². The van der Waals surface area contributed by atoms with E-state index < -0.39 is 9.04 Å². The molecule has 2 aliphatic rings. The number of aryl methyl sites for hydroxylation is 2. The van der Waals surface area contributed by atoms with Crippen LogP contribution in [0.2, 0.25) is 13.1 Å². The van der Waals surface area contributed by atoms with Gasteiger partial charge in [0.2, 0.25) is 0 Å². The molecule has 37 heavy (non-hydrogen) atoms. The highest BCUT2D eigenvalue weighted by atomic mass is 28.3. The molecule has 2 unspecified atom stereocenters. The zero-order chi connectivity index (χ0) is 26.7. The molecule has 201 valence electrons. The number of benzene rings is 1. The first kappa shape index (κ1) is 27.8. The molecule has 0 bridgehead atoms. The van der Waals surface area contributed by atoms with Crippen LogP contribution < -0.4 is 4.43 Å². The molecule has 1 aromatic heterocycles. The zero-order valence-corrected chi connectivity index (χ0v) is 24.8. The maximum absolute atomic E-state index is 12.9. The van der Waals surface area contributed by atoms with E-state index in [1.165, 1.54) is 29.5 Å². The fraction of sp³-hybridized carbons (Fsp3) is 0.613. The van der Waals surface area contributed by atoms with Crippen LogP contribution in [0.1, 0.15) is 74.3 Å². The van der Waals surface area contributed by atoms with E-state index in [4.69, 9.17) is 14.1 Å². The molecule has 5 nitrogen and oxygen atoms in total. The van der Waals surface area contributed by atoms with Gasteiger partial charge in [0.25, 0.3) is 9.04 Å². The molecule has 0 N–H and O–H groups in total. The first-order valence-electron chi connectivity index (χ1n) is 13.9. The van der Waals surface area contributed by atoms with E-state index in [0.717, 1.165) is 51.2 Å². The second-order valence-electron chi connectivity index (χ2n) is 12.4. The fourth-order valence-electron chi connectivity index (χ4n) is 6.43. The molecule has 2 heterocycles. The van der Waals surface area contributed by atoms with Gasteiger partial charge in [-0.25, -0.2) is 4.98 Å². The summed E-state index contributed by atoms with van der Waals surface area (Å²) in [6, 6.07) is 12.8. The minimum Gasteiger partial charge on any atom is -0.530 e. The molecule has 1 saturated heterocycles. The second kappa shape index (κ2) is 11.7. The van der Waals surface area contributed by atoms with Crippen LogP contribution in [0.3, 0.4) is 0 Å². The number of carbonyl (C=O) groups is 1. The van der Waals surface area contributed by atoms with Crippen molar-refractivity contribution in [2.24, 2.45) is 17.3 Å². The lowest BCUT2D eigenvalue weighted by Crippen LogP contribution is -2.45. The molecule has 0 amide bonds. The summed E-state index contributed by atoms with van der Waals surface area (Å²) in [5.41, 5.74) is 5.28. The van der Waals surface area contributed by atoms with Gasteiger partial charge in [0.05, 0.1) is 18.7 Å². The smallest absolute Gasteiger partial charge is 0.310 e. The van der Waals surface area contributed by atoms with Gasteiger partial charge >= 0.3 is 5.97 Å². The van der Waals surface area contributed by atoms with Gasteiger partial charge in [0, 0.05) is 19.0 Å². The Hall–Kier alpha value is -2.18. The van der Waals surface area contributed by atoms with Crippen LogP contribution in [0.15, 0.2) is 36.4 Å². The standard InChI is InChI=1S/C31H45N2O3Si/c1-21-10-8-9-11-24(21)25-16-17-33(20-26(25)30(34)35-5)19-22-12-13-23-14-15-28(36-37(6)7)32-29(23)27(18-22)31(2,3)4/h8-11,14-15,22,25-27H,12-13,16-20H2,1-7H3/t22-,25?,26?,27-/m1/s1. The van der Waals surface area contributed by atoms with Crippen LogP contribution in [0.4, 0.5) is 0 Å². The molecule has 1 fully saturated rings. The maximum Gasteiger partial charge on any atom is 0.310 e. The number of esters is 1. The van der Waals surface area contributed by atoms with Gasteiger partial charge < -0.3 is 14.1 Å². The Morgan fingerprint density at radius 2 is 1.89 bits per heavy atom. The molecule has 1 radical (unpaired) electrons. The van der Waals surface area contributed by atoms with Crippen LogP contribution >= 0.6 is 0 Å². The minimum atomic E-state index is -0.852. The number of methoxy groups -OCH3 is 1. The van der Waals surface area contributed by atoms with Crippen molar-refractivity contribution in [1.29, 1.82) is 0 Å². The normalized spacial score (nSPS) is 24.9. The predicted molar refractivity (Wildman–Crippen MR) is 151 cm³/mol. The Balaban J connectivity index is 1.52. The predicted octanol–water partition coefficient (Wildman–Crippen LogP) is 6.38. The van der Waals surface area contributed by atoms with Crippen molar-refractivity contribution in [3.8, 4) is 5.88 Å². The Morgan fingerprint density at radius 1 is 1.14 bits per heavy atom. The molecule has 0 spiro atoms. The first-order valence-corrected chi connectivity index (χ1v) is 16.3. The number of nitrogens with zero attached hydrogens (tertiary/aromatic N) is 2. The highest BCUT2D eigenvalue weighted by Gasteiger charge is 2.39. The topological polar surface area (TPSA) is 51.7 Å². The third-order valence-corrected chi connectivity index (χ3v) is 8.98. The number of carbonyl (C=O) groups excluding carboxylic acids is 1. The third-order valence-electron chi connectivity index (χ3n) is 8.37. The molecule has 4 atom stereocenters. The highest BCUT2D eigenvalue weighted by molar-refractivity contribution is 6.49. The summed E-state index contributed by atoms with van der Waals surface area (Å²) in [7, 11) is 0.675. The van der Waals surface area contributed by atoms with E-state index in [2.05, 4.69) is 82.1 Å². The summed E-state index contributed by atoms with van der Waals surface area (Å²) in [6.07, 6.45) is 4.30. The highest BCUT2D eigenvalue weighted by Crippen LogP contribution is 2.45. The van der Waals surface area contributed by atoms with Gasteiger partial charge in [-0.15, -0.1) is 0 Å². The molecule has 0 saturated carbocycles. The van der Waals surface area contributed by atoms with E-state index in [-0.39, 0.29) is 23.2 Å². The van der Waals surface area contributed by atoms with Gasteiger partial charge in [-0.1, -0.05) is 51.1 Å². The van der Waals surface area contributed by atoms with E-state index >= 15 is 0 Å². The van der Waals surface area contributed by atoms with Crippen LogP contribution in [0.25, 0.3) is 0 Å². The molecule has 2 aromatic rings. The molecule has 6 heteroatoms. The number of hydrogen-bond donors (Lipinski definition) is 0. The number of ether oxygens (including phenoxy) is 1. The lowest BCUT2D eigenvalue weighted by atomic mass is 9.73. The summed E-state index contributed by atoms with van der Waals surface area (Å²) >= 11 is 0. The van der Waals surface area contributed by atoms with Crippen LogP contribution in [-0.2, 0) is 16.0 Å². The number of likely N-dealkylation sites (tertiary alicyclic amines) is 1. The molecule has 1 aliphatic carbocycles. The van der Waals surface area contributed by atoms with Crippen molar-refractivity contribution < 1.29 is 14.0 Å². The first-order chi connectivity index (χ1) is 17.6. The summed E-state index contributed by atoms with van der Waals surface area (Å²) in [4.78, 5) is 20.5. The summed E-state index contributed by atoms with van der Waals surface area (Å²) in [5, 5.41) is 0. The molecular weight excluding hydrogens is 476 g/mol. The van der Waals surface area contributed by atoms with E-state index in [0.29, 0.717) is 11.8 Å². The quantitative estimate of drug-likeness (QED) is 0.251. The number of aromatic nitrogens is 1. The average Bonchev–Trinajstić information content (AvgIpc) is 3.03. The minimum absolute atomic E-state index is 0.0803. The van der Waals surface area contributed by atoms with Crippen molar-refractivity contribution in [3.63, 3.8) is 0 Å². The summed E-state index contributed by atoms with van der Waals surface area (Å²) in [6.45, 7) is 16.3. The average molecular weight is 522 g/mol. The van der Waals surface area contributed by atoms with E-state index in [1.54, 1.807) is 0 Å². The SMILES string of the molecule is COC(=O)C1CN(C[C@@H]2CCc3ccc(O[Si](C)C)nc3[C@H](C(C)(C)C)C2)CCC1c1ccccc1C. The summed E-state index contributed by atoms with van der Waals surface area (Å²) < 4.78 is 11.4. The lowest BCUT2D eigenvalue weighted by Gasteiger charge is -2.40. The monoisotopic (exact) mass is 521 g/mol. The Kier molecular flexibility index (Phi) is 8.80. The van der Waals surface area contributed by atoms with Crippen LogP contribution in [0, 0.1) is 24.2 Å². The molecule has 1 aliphatic heterocycles. The Bertz CT molecular complexity index is 1080. The van der Waals surface area contributed by atoms with Crippen molar-refractivity contribution in [2.45, 2.75) is 78.3 Å². The lowest BCUT2D eigenvalue weighted by molar-refractivity contribution is -0.148. The van der Waals surface area contributed by atoms with Gasteiger partial charge in [-0.05, 0) is 92.3 Å². The largest absolute Gasteiger partial charge is 0.530 e.